The second-order valence-electron chi connectivity index (χ2n) is 4.67. The van der Waals surface area contributed by atoms with Gasteiger partial charge in [0.2, 0.25) is 0 Å². The molecule has 1 N–H and O–H groups in total. The number of halogens is 2. The minimum atomic E-state index is -0.818. The molecule has 0 saturated heterocycles. The number of hydrogen-bond donors (Lipinski definition) is 1. The van der Waals surface area contributed by atoms with Gasteiger partial charge in [-0.15, -0.1) is 0 Å². The summed E-state index contributed by atoms with van der Waals surface area (Å²) < 4.78 is 9.92. The minimum absolute atomic E-state index is 0.100. The van der Waals surface area contributed by atoms with Gasteiger partial charge >= 0.3 is 5.97 Å². The number of methoxy groups -OCH3 is 1. The predicted molar refractivity (Wildman–Crippen MR) is 89.4 cm³/mol. The number of hydrogen-bond acceptors (Lipinski definition) is 5. The molecule has 0 fully saturated rings. The van der Waals surface area contributed by atoms with E-state index < -0.39 is 18.5 Å². The predicted octanol–water partition coefficient (Wildman–Crippen LogP) is 2.87. The molecule has 1 amide bonds. The number of benzene rings is 1. The highest BCUT2D eigenvalue weighted by Gasteiger charge is 2.16. The van der Waals surface area contributed by atoms with E-state index in [1.54, 1.807) is 19.2 Å². The summed E-state index contributed by atoms with van der Waals surface area (Å²) in [4.78, 5) is 27.4. The SMILES string of the molecule is COc1ccc(CNC(=O)COC(=O)c2nc(Cl)ccc2Cl)cc1. The monoisotopic (exact) mass is 368 g/mol. The molecule has 1 heterocycles. The lowest BCUT2D eigenvalue weighted by molar-refractivity contribution is -0.124. The van der Waals surface area contributed by atoms with Gasteiger partial charge in [0, 0.05) is 6.54 Å². The Bertz CT molecular complexity index is 735. The Morgan fingerprint density at radius 3 is 2.50 bits per heavy atom. The molecular weight excluding hydrogens is 355 g/mol. The number of aromatic nitrogens is 1. The fourth-order valence-electron chi connectivity index (χ4n) is 1.76. The summed E-state index contributed by atoms with van der Waals surface area (Å²) in [5.74, 6) is -0.538. The Labute approximate surface area is 148 Å². The molecule has 0 radical (unpaired) electrons. The molecule has 2 rings (SSSR count). The maximum Gasteiger partial charge on any atom is 0.359 e. The van der Waals surface area contributed by atoms with Crippen molar-refractivity contribution in [1.29, 1.82) is 0 Å². The highest BCUT2D eigenvalue weighted by molar-refractivity contribution is 6.34. The van der Waals surface area contributed by atoms with Crippen molar-refractivity contribution in [2.75, 3.05) is 13.7 Å². The third-order valence-corrected chi connectivity index (χ3v) is 3.50. The van der Waals surface area contributed by atoms with Crippen molar-refractivity contribution in [3.63, 3.8) is 0 Å². The average molecular weight is 369 g/mol. The molecule has 126 valence electrons. The van der Waals surface area contributed by atoms with Gasteiger partial charge in [0.05, 0.1) is 12.1 Å². The number of nitrogens with one attached hydrogen (secondary N) is 1. The smallest absolute Gasteiger partial charge is 0.359 e. The summed E-state index contributed by atoms with van der Waals surface area (Å²) in [6, 6.07) is 10.1. The van der Waals surface area contributed by atoms with E-state index in [0.29, 0.717) is 6.54 Å². The first-order chi connectivity index (χ1) is 11.5. The highest BCUT2D eigenvalue weighted by Crippen LogP contribution is 2.17. The number of pyridine rings is 1. The Hall–Kier alpha value is -2.31. The summed E-state index contributed by atoms with van der Waals surface area (Å²) in [6.45, 7) is -0.143. The van der Waals surface area contributed by atoms with Crippen LogP contribution >= 0.6 is 23.2 Å². The standard InChI is InChI=1S/C16H14Cl2N2O4/c1-23-11-4-2-10(3-5-11)8-19-14(21)9-24-16(22)15-12(17)6-7-13(18)20-15/h2-7H,8-9H2,1H3,(H,19,21). The van der Waals surface area contributed by atoms with Crippen LogP contribution in [0.5, 0.6) is 5.75 Å². The molecule has 0 saturated carbocycles. The molecule has 1 aromatic carbocycles. The Kier molecular flexibility index (Phi) is 6.40. The van der Waals surface area contributed by atoms with Gasteiger partial charge in [-0.05, 0) is 29.8 Å². The van der Waals surface area contributed by atoms with E-state index in [0.717, 1.165) is 11.3 Å². The van der Waals surface area contributed by atoms with Gasteiger partial charge in [-0.3, -0.25) is 4.79 Å². The third kappa shape index (κ3) is 5.11. The summed E-state index contributed by atoms with van der Waals surface area (Å²) in [7, 11) is 1.58. The van der Waals surface area contributed by atoms with Crippen molar-refractivity contribution in [1.82, 2.24) is 10.3 Å². The lowest BCUT2D eigenvalue weighted by Gasteiger charge is -2.08. The second kappa shape index (κ2) is 8.52. The van der Waals surface area contributed by atoms with Gasteiger partial charge in [-0.2, -0.15) is 0 Å². The first kappa shape index (κ1) is 18.0. The van der Waals surface area contributed by atoms with Crippen LogP contribution in [0.15, 0.2) is 36.4 Å². The van der Waals surface area contributed by atoms with E-state index in [9.17, 15) is 9.59 Å². The van der Waals surface area contributed by atoms with Crippen molar-refractivity contribution in [3.05, 3.63) is 57.8 Å². The lowest BCUT2D eigenvalue weighted by atomic mass is 10.2. The zero-order valence-corrected chi connectivity index (χ0v) is 14.2. The first-order valence-electron chi connectivity index (χ1n) is 6.88. The fraction of sp³-hybridized carbons (Fsp3) is 0.188. The van der Waals surface area contributed by atoms with Crippen LogP contribution < -0.4 is 10.1 Å². The van der Waals surface area contributed by atoms with Crippen LogP contribution in [-0.2, 0) is 16.1 Å². The Morgan fingerprint density at radius 1 is 1.12 bits per heavy atom. The Balaban J connectivity index is 1.82. The van der Waals surface area contributed by atoms with E-state index in [1.807, 2.05) is 12.1 Å². The summed E-state index contributed by atoms with van der Waals surface area (Å²) in [5, 5.41) is 2.84. The van der Waals surface area contributed by atoms with Crippen LogP contribution in [0.25, 0.3) is 0 Å². The maximum atomic E-state index is 11.8. The topological polar surface area (TPSA) is 77.5 Å². The largest absolute Gasteiger partial charge is 0.497 e. The molecule has 0 atom stereocenters. The van der Waals surface area contributed by atoms with Crippen LogP contribution in [-0.4, -0.2) is 30.6 Å². The molecule has 0 aliphatic heterocycles. The third-order valence-electron chi connectivity index (χ3n) is 2.99. The zero-order valence-electron chi connectivity index (χ0n) is 12.7. The van der Waals surface area contributed by atoms with Crippen molar-refractivity contribution < 1.29 is 19.1 Å². The van der Waals surface area contributed by atoms with Crippen LogP contribution in [0.1, 0.15) is 16.1 Å². The van der Waals surface area contributed by atoms with Gasteiger partial charge < -0.3 is 14.8 Å². The molecule has 1 aromatic heterocycles. The number of esters is 1. The lowest BCUT2D eigenvalue weighted by Crippen LogP contribution is -2.28. The average Bonchev–Trinajstić information content (AvgIpc) is 2.60. The molecule has 0 spiro atoms. The Morgan fingerprint density at radius 2 is 1.83 bits per heavy atom. The zero-order chi connectivity index (χ0) is 17.5. The van der Waals surface area contributed by atoms with Crippen LogP contribution in [0.4, 0.5) is 0 Å². The van der Waals surface area contributed by atoms with Crippen LogP contribution in [0, 0.1) is 0 Å². The molecule has 6 nitrogen and oxygen atoms in total. The van der Waals surface area contributed by atoms with Crippen molar-refractivity contribution in [2.24, 2.45) is 0 Å². The van der Waals surface area contributed by atoms with Gasteiger partial charge in [-0.1, -0.05) is 35.3 Å². The molecule has 8 heteroatoms. The molecule has 0 unspecified atom stereocenters. The number of amides is 1. The number of ether oxygens (including phenoxy) is 2. The highest BCUT2D eigenvalue weighted by atomic mass is 35.5. The molecule has 0 bridgehead atoms. The minimum Gasteiger partial charge on any atom is -0.497 e. The second-order valence-corrected chi connectivity index (χ2v) is 5.46. The normalized spacial score (nSPS) is 10.1. The first-order valence-corrected chi connectivity index (χ1v) is 7.64. The molecular formula is C16H14Cl2N2O4. The van der Waals surface area contributed by atoms with E-state index in [4.69, 9.17) is 32.7 Å². The van der Waals surface area contributed by atoms with Crippen molar-refractivity contribution in [2.45, 2.75) is 6.54 Å². The molecule has 2 aromatic rings. The van der Waals surface area contributed by atoms with E-state index in [1.165, 1.54) is 12.1 Å². The van der Waals surface area contributed by atoms with E-state index in [-0.39, 0.29) is 15.9 Å². The van der Waals surface area contributed by atoms with E-state index in [2.05, 4.69) is 10.3 Å². The van der Waals surface area contributed by atoms with Crippen LogP contribution in [0.2, 0.25) is 10.2 Å². The van der Waals surface area contributed by atoms with Crippen molar-refractivity contribution in [3.8, 4) is 5.75 Å². The van der Waals surface area contributed by atoms with Gasteiger partial charge in [0.1, 0.15) is 10.9 Å². The van der Waals surface area contributed by atoms with Gasteiger partial charge in [0.15, 0.2) is 12.3 Å². The van der Waals surface area contributed by atoms with Crippen LogP contribution in [0.3, 0.4) is 0 Å². The molecule has 0 aliphatic rings. The number of carbonyl (C=O) groups excluding carboxylic acids is 2. The molecule has 24 heavy (non-hydrogen) atoms. The number of rotatable bonds is 6. The van der Waals surface area contributed by atoms with E-state index >= 15 is 0 Å². The summed E-state index contributed by atoms with van der Waals surface area (Å²) in [6.07, 6.45) is 0. The van der Waals surface area contributed by atoms with Crippen molar-refractivity contribution >= 4 is 35.1 Å². The number of carbonyl (C=O) groups is 2. The fourth-order valence-corrected chi connectivity index (χ4v) is 2.09. The summed E-state index contributed by atoms with van der Waals surface area (Å²) >= 11 is 11.5. The number of nitrogens with zero attached hydrogens (tertiary/aromatic N) is 1. The summed E-state index contributed by atoms with van der Waals surface area (Å²) in [5.41, 5.74) is 0.752. The quantitative estimate of drug-likeness (QED) is 0.626. The maximum absolute atomic E-state index is 11.8. The molecule has 0 aliphatic carbocycles. The van der Waals surface area contributed by atoms with Gasteiger partial charge in [0.25, 0.3) is 5.91 Å². The van der Waals surface area contributed by atoms with Gasteiger partial charge in [-0.25, -0.2) is 9.78 Å².